The number of likely N-dealkylation sites (tertiary alicyclic amines) is 1. The molecule has 28 heavy (non-hydrogen) atoms. The molecule has 0 saturated carbocycles. The molecule has 1 saturated heterocycles. The molecule has 154 valence electrons. The van der Waals surface area contributed by atoms with Crippen molar-refractivity contribution in [1.29, 1.82) is 0 Å². The molecule has 1 fully saturated rings. The first-order valence-corrected chi connectivity index (χ1v) is 11.9. The molecule has 6 heteroatoms. The molecule has 0 unspecified atom stereocenters. The number of imidazole rings is 1. The molecule has 0 radical (unpaired) electrons. The van der Waals surface area contributed by atoms with Gasteiger partial charge in [-0.2, -0.15) is 0 Å². The van der Waals surface area contributed by atoms with Crippen LogP contribution in [0.25, 0.3) is 0 Å². The number of nitrogens with zero attached hydrogens (tertiary/aromatic N) is 3. The second-order valence-corrected chi connectivity index (χ2v) is 10.7. The number of benzene rings is 1. The molecule has 1 aromatic heterocycles. The van der Waals surface area contributed by atoms with Crippen LogP contribution in [-0.2, 0) is 29.3 Å². The van der Waals surface area contributed by atoms with Crippen molar-refractivity contribution in [2.75, 3.05) is 0 Å². The highest BCUT2D eigenvalue weighted by atomic mass is 32.2. The van der Waals surface area contributed by atoms with Gasteiger partial charge in [-0.1, -0.05) is 36.8 Å². The predicted molar refractivity (Wildman–Crippen MR) is 113 cm³/mol. The molecule has 1 aliphatic heterocycles. The smallest absolute Gasteiger partial charge is 0.228 e. The first-order chi connectivity index (χ1) is 13.3. The first kappa shape index (κ1) is 21.1. The Balaban J connectivity index is 1.91. The van der Waals surface area contributed by atoms with E-state index in [0.717, 1.165) is 18.7 Å². The highest BCUT2D eigenvalue weighted by molar-refractivity contribution is 7.91. The zero-order chi connectivity index (χ0) is 20.3. The third kappa shape index (κ3) is 4.49. The van der Waals surface area contributed by atoms with Crippen LogP contribution in [-0.4, -0.2) is 40.2 Å². The van der Waals surface area contributed by atoms with Gasteiger partial charge >= 0.3 is 0 Å². The maximum absolute atomic E-state index is 12.9. The van der Waals surface area contributed by atoms with E-state index in [1.54, 1.807) is 20.0 Å². The van der Waals surface area contributed by atoms with Gasteiger partial charge in [0, 0.05) is 25.2 Å². The van der Waals surface area contributed by atoms with Gasteiger partial charge < -0.3 is 4.57 Å². The third-order valence-corrected chi connectivity index (χ3v) is 8.04. The number of piperidine rings is 1. The molecular formula is C22H33N3O2S. The number of rotatable bonds is 7. The normalized spacial score (nSPS) is 21.3. The van der Waals surface area contributed by atoms with E-state index in [4.69, 9.17) is 0 Å². The van der Waals surface area contributed by atoms with Gasteiger partial charge in [-0.15, -0.1) is 0 Å². The molecule has 1 aromatic carbocycles. The van der Waals surface area contributed by atoms with Crippen LogP contribution in [0, 0.1) is 0 Å². The van der Waals surface area contributed by atoms with Crippen molar-refractivity contribution in [1.82, 2.24) is 14.5 Å². The lowest BCUT2D eigenvalue weighted by Crippen LogP contribution is -2.43. The van der Waals surface area contributed by atoms with Crippen molar-refractivity contribution >= 4 is 9.84 Å². The summed E-state index contributed by atoms with van der Waals surface area (Å²) in [6.45, 7) is 9.35. The summed E-state index contributed by atoms with van der Waals surface area (Å²) in [7, 11) is -3.43. The zero-order valence-corrected chi connectivity index (χ0v) is 18.3. The Kier molecular flexibility index (Phi) is 6.61. The monoisotopic (exact) mass is 403 g/mol. The van der Waals surface area contributed by atoms with E-state index >= 15 is 0 Å². The summed E-state index contributed by atoms with van der Waals surface area (Å²) in [4.78, 5) is 6.88. The summed E-state index contributed by atoms with van der Waals surface area (Å²) >= 11 is 0. The fourth-order valence-electron chi connectivity index (χ4n) is 4.05. The Labute approximate surface area is 169 Å². The SMILES string of the molecule is CC(C)S(=O)(=O)c1ncc(CN2[C@H](C)CCC[C@@H]2C)n1CCc1ccccc1. The molecule has 5 nitrogen and oxygen atoms in total. The fourth-order valence-corrected chi connectivity index (χ4v) is 5.19. The Hall–Kier alpha value is -1.66. The van der Waals surface area contributed by atoms with Crippen molar-refractivity contribution in [2.24, 2.45) is 0 Å². The average Bonchev–Trinajstić information content (AvgIpc) is 3.07. The van der Waals surface area contributed by atoms with Crippen LogP contribution in [0.15, 0.2) is 41.7 Å². The maximum atomic E-state index is 12.9. The van der Waals surface area contributed by atoms with Crippen LogP contribution in [0.5, 0.6) is 0 Å². The van der Waals surface area contributed by atoms with Crippen molar-refractivity contribution in [3.8, 4) is 0 Å². The first-order valence-electron chi connectivity index (χ1n) is 10.4. The number of hydrogen-bond acceptors (Lipinski definition) is 4. The lowest BCUT2D eigenvalue weighted by atomic mass is 9.97. The number of aryl methyl sites for hydroxylation is 1. The van der Waals surface area contributed by atoms with E-state index in [-0.39, 0.29) is 5.16 Å². The van der Waals surface area contributed by atoms with Gasteiger partial charge in [-0.25, -0.2) is 13.4 Å². The van der Waals surface area contributed by atoms with Crippen molar-refractivity contribution in [2.45, 2.75) is 89.0 Å². The Bertz CT molecular complexity index is 864. The summed E-state index contributed by atoms with van der Waals surface area (Å²) in [6, 6.07) is 11.2. The van der Waals surface area contributed by atoms with Crippen LogP contribution in [0.1, 0.15) is 58.2 Å². The van der Waals surface area contributed by atoms with Crippen LogP contribution >= 0.6 is 0 Å². The van der Waals surface area contributed by atoms with Gasteiger partial charge in [-0.3, -0.25) is 4.90 Å². The van der Waals surface area contributed by atoms with E-state index in [1.165, 1.54) is 24.8 Å². The van der Waals surface area contributed by atoms with E-state index in [1.807, 2.05) is 22.8 Å². The number of aromatic nitrogens is 2. The minimum atomic E-state index is -3.43. The number of sulfone groups is 1. The topological polar surface area (TPSA) is 55.2 Å². The highest BCUT2D eigenvalue weighted by Crippen LogP contribution is 2.26. The van der Waals surface area contributed by atoms with Gasteiger partial charge in [0.1, 0.15) is 0 Å². The summed E-state index contributed by atoms with van der Waals surface area (Å²) < 4.78 is 27.7. The third-order valence-electron chi connectivity index (χ3n) is 5.96. The number of hydrogen-bond donors (Lipinski definition) is 0. The molecule has 2 aromatic rings. The van der Waals surface area contributed by atoms with E-state index in [9.17, 15) is 8.42 Å². The van der Waals surface area contributed by atoms with Crippen molar-refractivity contribution in [3.05, 3.63) is 47.8 Å². The lowest BCUT2D eigenvalue weighted by Gasteiger charge is -2.39. The van der Waals surface area contributed by atoms with Gasteiger partial charge in [0.2, 0.25) is 15.0 Å². The molecule has 3 rings (SSSR count). The van der Waals surface area contributed by atoms with Gasteiger partial charge in [0.15, 0.2) is 0 Å². The Morgan fingerprint density at radius 1 is 1.11 bits per heavy atom. The summed E-state index contributed by atoms with van der Waals surface area (Å²) in [5, 5.41) is -0.267. The standard InChI is InChI=1S/C22H33N3O2S/c1-17(2)28(26,27)22-23-15-21(16-25-18(3)9-8-10-19(25)4)24(22)14-13-20-11-6-5-7-12-20/h5-7,11-12,15,17-19H,8-10,13-14,16H2,1-4H3/t18-,19+. The van der Waals surface area contributed by atoms with Crippen LogP contribution in [0.2, 0.25) is 0 Å². The lowest BCUT2D eigenvalue weighted by molar-refractivity contribution is 0.0922. The Morgan fingerprint density at radius 3 is 2.36 bits per heavy atom. The van der Waals surface area contributed by atoms with Gasteiger partial charge in [-0.05, 0) is 52.5 Å². The van der Waals surface area contributed by atoms with Gasteiger partial charge in [0.25, 0.3) is 0 Å². The van der Waals surface area contributed by atoms with E-state index in [0.29, 0.717) is 18.6 Å². The van der Waals surface area contributed by atoms with E-state index in [2.05, 4.69) is 35.9 Å². The quantitative estimate of drug-likeness (QED) is 0.699. The molecular weight excluding hydrogens is 370 g/mol. The fraction of sp³-hybridized carbons (Fsp3) is 0.591. The average molecular weight is 404 g/mol. The maximum Gasteiger partial charge on any atom is 0.228 e. The second kappa shape index (κ2) is 8.78. The summed E-state index contributed by atoms with van der Waals surface area (Å²) in [6.07, 6.45) is 6.21. The van der Waals surface area contributed by atoms with Gasteiger partial charge in [0.05, 0.1) is 17.1 Å². The molecule has 1 aliphatic rings. The van der Waals surface area contributed by atoms with Crippen LogP contribution in [0.3, 0.4) is 0 Å². The van der Waals surface area contributed by atoms with E-state index < -0.39 is 15.1 Å². The predicted octanol–water partition coefficient (Wildman–Crippen LogP) is 4.07. The highest BCUT2D eigenvalue weighted by Gasteiger charge is 2.29. The molecule has 0 amide bonds. The molecule has 0 N–H and O–H groups in total. The minimum absolute atomic E-state index is 0.214. The van der Waals surface area contributed by atoms with Crippen molar-refractivity contribution < 1.29 is 8.42 Å². The summed E-state index contributed by atoms with van der Waals surface area (Å²) in [5.74, 6) is 0. The minimum Gasteiger partial charge on any atom is -0.317 e. The van der Waals surface area contributed by atoms with Crippen LogP contribution < -0.4 is 0 Å². The molecule has 0 spiro atoms. The zero-order valence-electron chi connectivity index (χ0n) is 17.5. The molecule has 2 heterocycles. The second-order valence-electron chi connectivity index (χ2n) is 8.31. The Morgan fingerprint density at radius 2 is 1.75 bits per heavy atom. The molecule has 2 atom stereocenters. The molecule has 0 bridgehead atoms. The van der Waals surface area contributed by atoms with Crippen LogP contribution in [0.4, 0.5) is 0 Å². The largest absolute Gasteiger partial charge is 0.317 e. The summed E-state index contributed by atoms with van der Waals surface area (Å²) in [5.41, 5.74) is 2.20. The van der Waals surface area contributed by atoms with Crippen molar-refractivity contribution in [3.63, 3.8) is 0 Å². The molecule has 0 aliphatic carbocycles.